The van der Waals surface area contributed by atoms with Gasteiger partial charge in [0.2, 0.25) is 0 Å². The summed E-state index contributed by atoms with van der Waals surface area (Å²) in [6.45, 7) is 12.9. The number of aliphatic carboxylic acids is 1. The van der Waals surface area contributed by atoms with Crippen LogP contribution >= 0.6 is 0 Å². The van der Waals surface area contributed by atoms with Crippen molar-refractivity contribution in [3.05, 3.63) is 23.8 Å². The SMILES string of the molecule is CCC(C)C(=O)Oc1ccc(C[C@H](NCC(C)OC(=O)OCC(C)C)C(=O)O)cc1OC(=O)C(C)CC. The van der Waals surface area contributed by atoms with E-state index in [4.69, 9.17) is 18.9 Å². The summed E-state index contributed by atoms with van der Waals surface area (Å²) in [4.78, 5) is 48.4. The van der Waals surface area contributed by atoms with Crippen LogP contribution in [0.5, 0.6) is 11.5 Å². The van der Waals surface area contributed by atoms with Gasteiger partial charge in [-0.05, 0) is 49.8 Å². The second kappa shape index (κ2) is 15.9. The van der Waals surface area contributed by atoms with Crippen molar-refractivity contribution >= 4 is 24.1 Å². The third kappa shape index (κ3) is 11.6. The zero-order valence-electron chi connectivity index (χ0n) is 22.9. The van der Waals surface area contributed by atoms with E-state index in [1.807, 2.05) is 27.7 Å². The Bertz CT molecular complexity index is 915. The number of rotatable bonds is 15. The van der Waals surface area contributed by atoms with Crippen LogP contribution in [-0.4, -0.2) is 54.5 Å². The Morgan fingerprint density at radius 1 is 0.892 bits per heavy atom. The first-order chi connectivity index (χ1) is 17.4. The predicted octanol–water partition coefficient (Wildman–Crippen LogP) is 4.37. The number of carbonyl (C=O) groups is 4. The Kier molecular flexibility index (Phi) is 13.7. The molecular weight excluding hydrogens is 482 g/mol. The van der Waals surface area contributed by atoms with Crippen molar-refractivity contribution in [3.8, 4) is 11.5 Å². The van der Waals surface area contributed by atoms with Gasteiger partial charge in [0.25, 0.3) is 0 Å². The minimum atomic E-state index is -1.11. The number of carboxylic acid groups (broad SMARTS) is 1. The topological polar surface area (TPSA) is 137 Å². The van der Waals surface area contributed by atoms with Gasteiger partial charge in [-0.1, -0.05) is 47.6 Å². The Hall–Kier alpha value is -3.14. The third-order valence-corrected chi connectivity index (χ3v) is 5.68. The molecule has 0 spiro atoms. The molecule has 2 N–H and O–H groups in total. The van der Waals surface area contributed by atoms with Crippen molar-refractivity contribution in [2.24, 2.45) is 17.8 Å². The molecule has 0 aliphatic rings. The van der Waals surface area contributed by atoms with Gasteiger partial charge in [-0.2, -0.15) is 0 Å². The maximum atomic E-state index is 12.4. The average molecular weight is 524 g/mol. The van der Waals surface area contributed by atoms with Crippen molar-refractivity contribution in [1.82, 2.24) is 5.32 Å². The normalized spacial score (nSPS) is 14.3. The summed E-state index contributed by atoms with van der Waals surface area (Å²) >= 11 is 0. The third-order valence-electron chi connectivity index (χ3n) is 5.68. The van der Waals surface area contributed by atoms with Crippen molar-refractivity contribution in [2.75, 3.05) is 13.2 Å². The summed E-state index contributed by atoms with van der Waals surface area (Å²) in [5, 5.41) is 12.6. The van der Waals surface area contributed by atoms with Crippen molar-refractivity contribution in [1.29, 1.82) is 0 Å². The Labute approximate surface area is 219 Å². The van der Waals surface area contributed by atoms with Gasteiger partial charge in [0, 0.05) is 6.54 Å². The number of nitrogens with one attached hydrogen (secondary N) is 1. The van der Waals surface area contributed by atoms with Gasteiger partial charge in [-0.15, -0.1) is 0 Å². The van der Waals surface area contributed by atoms with Crippen molar-refractivity contribution in [3.63, 3.8) is 0 Å². The van der Waals surface area contributed by atoms with E-state index in [1.54, 1.807) is 26.8 Å². The fourth-order valence-corrected chi connectivity index (χ4v) is 2.86. The Balaban J connectivity index is 2.98. The highest BCUT2D eigenvalue weighted by Gasteiger charge is 2.23. The second-order valence-electron chi connectivity index (χ2n) is 9.63. The summed E-state index contributed by atoms with van der Waals surface area (Å²) in [6.07, 6.45) is -0.256. The summed E-state index contributed by atoms with van der Waals surface area (Å²) in [7, 11) is 0. The molecule has 10 nitrogen and oxygen atoms in total. The fraction of sp³-hybridized carbons (Fsp3) is 0.630. The van der Waals surface area contributed by atoms with E-state index < -0.39 is 36.2 Å². The molecule has 37 heavy (non-hydrogen) atoms. The minimum absolute atomic E-state index is 0.0350. The molecule has 0 bridgehead atoms. The van der Waals surface area contributed by atoms with E-state index >= 15 is 0 Å². The van der Waals surface area contributed by atoms with Gasteiger partial charge in [-0.25, -0.2) is 4.79 Å². The molecule has 10 heteroatoms. The molecule has 4 atom stereocenters. The number of carboxylic acids is 1. The molecule has 3 unspecified atom stereocenters. The highest BCUT2D eigenvalue weighted by Crippen LogP contribution is 2.31. The lowest BCUT2D eigenvalue weighted by Gasteiger charge is -2.20. The second-order valence-corrected chi connectivity index (χ2v) is 9.63. The summed E-state index contributed by atoms with van der Waals surface area (Å²) in [5.74, 6) is -2.46. The van der Waals surface area contributed by atoms with E-state index in [0.29, 0.717) is 18.4 Å². The predicted molar refractivity (Wildman–Crippen MR) is 136 cm³/mol. The first-order valence-corrected chi connectivity index (χ1v) is 12.7. The maximum absolute atomic E-state index is 12.4. The molecule has 0 amide bonds. The number of hydrogen-bond acceptors (Lipinski definition) is 9. The molecule has 0 aliphatic heterocycles. The van der Waals surface area contributed by atoms with Crippen LogP contribution in [0.25, 0.3) is 0 Å². The van der Waals surface area contributed by atoms with E-state index in [0.717, 1.165) is 0 Å². The molecule has 1 aromatic rings. The van der Waals surface area contributed by atoms with E-state index in [9.17, 15) is 24.3 Å². The smallest absolute Gasteiger partial charge is 0.480 e. The van der Waals surface area contributed by atoms with Crippen LogP contribution in [0.2, 0.25) is 0 Å². The molecular formula is C27H41NO9. The lowest BCUT2D eigenvalue weighted by Crippen LogP contribution is -2.42. The van der Waals surface area contributed by atoms with Gasteiger partial charge in [0.15, 0.2) is 11.5 Å². The van der Waals surface area contributed by atoms with Crippen LogP contribution in [0.15, 0.2) is 18.2 Å². The highest BCUT2D eigenvalue weighted by molar-refractivity contribution is 5.78. The Morgan fingerprint density at radius 2 is 1.46 bits per heavy atom. The fourth-order valence-electron chi connectivity index (χ4n) is 2.86. The first-order valence-electron chi connectivity index (χ1n) is 12.7. The molecule has 0 saturated heterocycles. The first kappa shape index (κ1) is 31.9. The number of carbonyl (C=O) groups excluding carboxylic acids is 3. The van der Waals surface area contributed by atoms with Gasteiger partial charge in [0.1, 0.15) is 12.1 Å². The van der Waals surface area contributed by atoms with Gasteiger partial charge >= 0.3 is 24.1 Å². The molecule has 0 aliphatic carbocycles. The van der Waals surface area contributed by atoms with Crippen LogP contribution in [0, 0.1) is 17.8 Å². The van der Waals surface area contributed by atoms with E-state index in [1.165, 1.54) is 12.1 Å². The van der Waals surface area contributed by atoms with Crippen molar-refractivity contribution in [2.45, 2.75) is 79.9 Å². The number of esters is 2. The van der Waals surface area contributed by atoms with Gasteiger partial charge in [-0.3, -0.25) is 14.4 Å². The standard InChI is InChI=1S/C27H41NO9/c1-8-17(5)25(31)36-22-11-10-20(13-23(22)37-26(32)18(6)9-2)12-21(24(29)30)28-14-19(7)35-27(33)34-15-16(3)4/h10-11,13,16-19,21,28H,8-9,12,14-15H2,1-7H3,(H,29,30)/t17?,18?,19?,21-/m0/s1. The molecule has 208 valence electrons. The Morgan fingerprint density at radius 3 is 1.97 bits per heavy atom. The molecule has 1 aromatic carbocycles. The minimum Gasteiger partial charge on any atom is -0.480 e. The van der Waals surface area contributed by atoms with Gasteiger partial charge < -0.3 is 29.4 Å². The van der Waals surface area contributed by atoms with E-state index in [-0.39, 0.29) is 48.8 Å². The lowest BCUT2D eigenvalue weighted by molar-refractivity contribution is -0.141. The lowest BCUT2D eigenvalue weighted by atomic mass is 10.0. The summed E-state index contributed by atoms with van der Waals surface area (Å²) in [5.41, 5.74) is 0.542. The summed E-state index contributed by atoms with van der Waals surface area (Å²) in [6, 6.07) is 3.58. The molecule has 0 heterocycles. The van der Waals surface area contributed by atoms with Crippen LogP contribution in [-0.2, 0) is 30.3 Å². The zero-order valence-corrected chi connectivity index (χ0v) is 22.9. The molecule has 0 saturated carbocycles. The van der Waals surface area contributed by atoms with Crippen LogP contribution in [0.1, 0.15) is 66.9 Å². The zero-order chi connectivity index (χ0) is 28.1. The molecule has 1 rings (SSSR count). The van der Waals surface area contributed by atoms with Gasteiger partial charge in [0.05, 0.1) is 18.4 Å². The van der Waals surface area contributed by atoms with Crippen molar-refractivity contribution < 1.29 is 43.2 Å². The quantitative estimate of drug-likeness (QED) is 0.252. The van der Waals surface area contributed by atoms with Crippen LogP contribution < -0.4 is 14.8 Å². The highest BCUT2D eigenvalue weighted by atomic mass is 16.7. The molecule has 0 aromatic heterocycles. The monoisotopic (exact) mass is 523 g/mol. The maximum Gasteiger partial charge on any atom is 0.508 e. The number of hydrogen-bond donors (Lipinski definition) is 2. The van der Waals surface area contributed by atoms with E-state index in [2.05, 4.69) is 5.32 Å². The van der Waals surface area contributed by atoms with Crippen LogP contribution in [0.3, 0.4) is 0 Å². The molecule has 0 radical (unpaired) electrons. The summed E-state index contributed by atoms with van der Waals surface area (Å²) < 4.78 is 21.1. The number of ether oxygens (including phenoxy) is 4. The molecule has 0 fully saturated rings. The van der Waals surface area contributed by atoms with Crippen LogP contribution in [0.4, 0.5) is 4.79 Å². The number of benzene rings is 1. The largest absolute Gasteiger partial charge is 0.508 e. The average Bonchev–Trinajstić information content (AvgIpc) is 2.85.